The number of carbonyl (C=O) groups excluding carboxylic acids is 4. The summed E-state index contributed by atoms with van der Waals surface area (Å²) in [5.41, 5.74) is -3.15. The van der Waals surface area contributed by atoms with E-state index in [9.17, 15) is 48.2 Å². The van der Waals surface area contributed by atoms with E-state index >= 15 is 0 Å². The molecule has 0 amide bonds. The van der Waals surface area contributed by atoms with Gasteiger partial charge in [-0.05, 0) is 69.5 Å². The zero-order chi connectivity index (χ0) is 28.9. The van der Waals surface area contributed by atoms with Crippen molar-refractivity contribution in [2.45, 2.75) is 39.2 Å². The zero-order valence-electron chi connectivity index (χ0n) is 20.2. The van der Waals surface area contributed by atoms with E-state index in [2.05, 4.69) is 0 Å². The third-order valence-electron chi connectivity index (χ3n) is 4.96. The minimum atomic E-state index is -1.78. The Morgan fingerprint density at radius 1 is 0.921 bits per heavy atom. The molecule has 1 aliphatic carbocycles. The van der Waals surface area contributed by atoms with E-state index in [1.54, 1.807) is 20.8 Å². The fraction of sp³-hybridized carbons (Fsp3) is 0.333. The maximum absolute atomic E-state index is 13.3. The molecular formula is C24H21ClF2N2O9. The normalized spacial score (nSPS) is 13.4. The molecule has 1 unspecified atom stereocenters. The third-order valence-corrected chi connectivity index (χ3v) is 5.16. The highest BCUT2D eigenvalue weighted by Crippen LogP contribution is 2.35. The number of carbonyl (C=O) groups is 4. The van der Waals surface area contributed by atoms with Crippen LogP contribution in [-0.2, 0) is 14.3 Å². The fourth-order valence-electron chi connectivity index (χ4n) is 3.16. The Labute approximate surface area is 219 Å². The highest BCUT2D eigenvalue weighted by Gasteiger charge is 2.45. The number of hydrogen-bond donors (Lipinski definition) is 0. The fourth-order valence-corrected chi connectivity index (χ4v) is 3.32. The molecule has 11 nitrogen and oxygen atoms in total. The van der Waals surface area contributed by atoms with Crippen LogP contribution in [0.2, 0.25) is 0 Å². The van der Waals surface area contributed by atoms with Gasteiger partial charge in [0.25, 0.3) is 16.6 Å². The summed E-state index contributed by atoms with van der Waals surface area (Å²) in [5, 5.41) is 20.4. The van der Waals surface area contributed by atoms with Crippen LogP contribution >= 0.6 is 11.6 Å². The topological polar surface area (TPSA) is 164 Å². The Morgan fingerprint density at radius 3 is 1.76 bits per heavy atom. The number of halogens is 3. The summed E-state index contributed by atoms with van der Waals surface area (Å²) in [6.45, 7) is 4.73. The van der Waals surface area contributed by atoms with Crippen LogP contribution in [0.1, 0.15) is 54.3 Å². The standard InChI is InChI=1S/C17H18FNO6.C7H3ClFNO3/c1-17(2,3)25-16(22)13(14(20)9-4-5-9)15(21)11-7-6-10(18)8-12(11)19(23)24;8-7(11)5-2-1-4(9)3-6(5)10(12)13/h6-9,13H,4-5H2,1-3H3;1-3H. The molecule has 1 fully saturated rings. The van der Waals surface area contributed by atoms with Gasteiger partial charge < -0.3 is 4.74 Å². The van der Waals surface area contributed by atoms with Crippen LogP contribution < -0.4 is 0 Å². The second-order valence-corrected chi connectivity index (χ2v) is 9.46. The second kappa shape index (κ2) is 11.9. The molecule has 0 heterocycles. The number of ether oxygens (including phenoxy) is 1. The lowest BCUT2D eigenvalue weighted by atomic mass is 9.90. The van der Waals surface area contributed by atoms with E-state index in [1.807, 2.05) is 0 Å². The van der Waals surface area contributed by atoms with Crippen molar-refractivity contribution in [1.29, 1.82) is 0 Å². The molecular weight excluding hydrogens is 534 g/mol. The summed E-state index contributed by atoms with van der Waals surface area (Å²) < 4.78 is 30.9. The molecule has 3 rings (SSSR count). The number of esters is 1. The Morgan fingerprint density at radius 2 is 1.37 bits per heavy atom. The van der Waals surface area contributed by atoms with E-state index in [0.29, 0.717) is 25.0 Å². The SMILES string of the molecule is CC(C)(C)OC(=O)C(C(=O)c1ccc(F)cc1[N+](=O)[O-])C(=O)C1CC1.O=C(Cl)c1ccc(F)cc1[N+](=O)[O-]. The summed E-state index contributed by atoms with van der Waals surface area (Å²) >= 11 is 5.04. The van der Waals surface area contributed by atoms with Crippen LogP contribution in [0.5, 0.6) is 0 Å². The molecule has 1 aliphatic rings. The van der Waals surface area contributed by atoms with E-state index in [4.69, 9.17) is 16.3 Å². The molecule has 38 heavy (non-hydrogen) atoms. The molecule has 0 radical (unpaired) electrons. The Kier molecular flexibility index (Phi) is 9.46. The minimum Gasteiger partial charge on any atom is -0.459 e. The van der Waals surface area contributed by atoms with Crippen LogP contribution in [0.3, 0.4) is 0 Å². The Balaban J connectivity index is 0.000000328. The van der Waals surface area contributed by atoms with E-state index in [-0.39, 0.29) is 5.56 Å². The highest BCUT2D eigenvalue weighted by molar-refractivity contribution is 6.68. The van der Waals surface area contributed by atoms with Crippen molar-refractivity contribution < 1.29 is 42.5 Å². The number of ketones is 2. The highest BCUT2D eigenvalue weighted by atomic mass is 35.5. The van der Waals surface area contributed by atoms with Crippen LogP contribution in [0.25, 0.3) is 0 Å². The first-order valence-electron chi connectivity index (χ1n) is 10.9. The Bertz CT molecular complexity index is 1320. The minimum absolute atomic E-state index is 0.312. The third kappa shape index (κ3) is 7.93. The monoisotopic (exact) mass is 554 g/mol. The molecule has 0 saturated heterocycles. The lowest BCUT2D eigenvalue weighted by Gasteiger charge is -2.23. The molecule has 0 N–H and O–H groups in total. The lowest BCUT2D eigenvalue weighted by Crippen LogP contribution is -2.38. The van der Waals surface area contributed by atoms with Crippen molar-refractivity contribution in [3.8, 4) is 0 Å². The quantitative estimate of drug-likeness (QED) is 0.109. The lowest BCUT2D eigenvalue weighted by molar-refractivity contribution is -0.385. The average Bonchev–Trinajstić information content (AvgIpc) is 3.63. The van der Waals surface area contributed by atoms with E-state index < -0.39 is 78.6 Å². The molecule has 0 aromatic heterocycles. The molecule has 0 aliphatic heterocycles. The summed E-state index contributed by atoms with van der Waals surface area (Å²) in [5.74, 6) is -6.60. The number of hydrogen-bond acceptors (Lipinski definition) is 9. The molecule has 202 valence electrons. The van der Waals surface area contributed by atoms with Crippen molar-refractivity contribution in [2.24, 2.45) is 11.8 Å². The van der Waals surface area contributed by atoms with Gasteiger partial charge in [0.05, 0.1) is 27.5 Å². The van der Waals surface area contributed by atoms with Gasteiger partial charge in [-0.2, -0.15) is 0 Å². The summed E-state index contributed by atoms with van der Waals surface area (Å²) in [6, 6.07) is 4.92. The van der Waals surface area contributed by atoms with E-state index in [0.717, 1.165) is 24.3 Å². The van der Waals surface area contributed by atoms with Crippen molar-refractivity contribution in [3.63, 3.8) is 0 Å². The van der Waals surface area contributed by atoms with Crippen molar-refractivity contribution in [3.05, 3.63) is 79.4 Å². The van der Waals surface area contributed by atoms with Crippen LogP contribution in [0, 0.1) is 43.7 Å². The largest absolute Gasteiger partial charge is 0.459 e. The second-order valence-electron chi connectivity index (χ2n) is 9.12. The maximum atomic E-state index is 13.3. The predicted octanol–water partition coefficient (Wildman–Crippen LogP) is 4.97. The molecule has 2 aromatic rings. The first-order chi connectivity index (χ1) is 17.5. The maximum Gasteiger partial charge on any atom is 0.325 e. The predicted molar refractivity (Wildman–Crippen MR) is 128 cm³/mol. The summed E-state index contributed by atoms with van der Waals surface area (Å²) in [4.78, 5) is 67.8. The summed E-state index contributed by atoms with van der Waals surface area (Å²) in [6.07, 6.45) is 1.11. The van der Waals surface area contributed by atoms with Gasteiger partial charge in [0, 0.05) is 5.92 Å². The number of nitrogens with zero attached hydrogens (tertiary/aromatic N) is 2. The molecule has 0 bridgehead atoms. The molecule has 14 heteroatoms. The van der Waals surface area contributed by atoms with Crippen molar-refractivity contribution in [2.75, 3.05) is 0 Å². The van der Waals surface area contributed by atoms with Gasteiger partial charge >= 0.3 is 5.97 Å². The smallest absolute Gasteiger partial charge is 0.325 e. The molecule has 2 aromatic carbocycles. The Hall–Kier alpha value is -4.13. The molecule has 0 spiro atoms. The number of nitro groups is 2. The van der Waals surface area contributed by atoms with Gasteiger partial charge in [0.1, 0.15) is 22.8 Å². The number of nitro benzene ring substituents is 2. The average molecular weight is 555 g/mol. The van der Waals surface area contributed by atoms with Gasteiger partial charge in [-0.1, -0.05) is 0 Å². The van der Waals surface area contributed by atoms with Gasteiger partial charge in [-0.25, -0.2) is 8.78 Å². The van der Waals surface area contributed by atoms with Crippen LogP contribution in [-0.4, -0.2) is 38.2 Å². The van der Waals surface area contributed by atoms with Gasteiger partial charge in [-0.15, -0.1) is 0 Å². The van der Waals surface area contributed by atoms with Gasteiger partial charge in [0.2, 0.25) is 0 Å². The molecule has 1 atom stereocenters. The zero-order valence-corrected chi connectivity index (χ0v) is 21.0. The van der Waals surface area contributed by atoms with Gasteiger partial charge in [0.15, 0.2) is 17.5 Å². The number of benzene rings is 2. The van der Waals surface area contributed by atoms with E-state index in [1.165, 1.54) is 0 Å². The number of rotatable bonds is 8. The van der Waals surface area contributed by atoms with Gasteiger partial charge in [-0.3, -0.25) is 39.4 Å². The summed E-state index contributed by atoms with van der Waals surface area (Å²) in [7, 11) is 0. The first-order valence-corrected chi connectivity index (χ1v) is 11.3. The van der Waals surface area contributed by atoms with Crippen LogP contribution in [0.4, 0.5) is 20.2 Å². The van der Waals surface area contributed by atoms with Crippen LogP contribution in [0.15, 0.2) is 36.4 Å². The number of Topliss-reactive ketones (excluding diaryl/α,β-unsaturated/α-hetero) is 2. The van der Waals surface area contributed by atoms with Crippen molar-refractivity contribution in [1.82, 2.24) is 0 Å². The van der Waals surface area contributed by atoms with Crippen molar-refractivity contribution >= 4 is 45.8 Å². The first kappa shape index (κ1) is 30.1. The molecule has 1 saturated carbocycles.